The smallest absolute Gasteiger partial charge is 0.243 e. The Bertz CT molecular complexity index is 989. The minimum atomic E-state index is -3.62. The molecule has 0 unspecified atom stereocenters. The molecule has 162 valence electrons. The van der Waals surface area contributed by atoms with Crippen LogP contribution in [0, 0.1) is 3.57 Å². The zero-order chi connectivity index (χ0) is 21.1. The van der Waals surface area contributed by atoms with Crippen LogP contribution in [0.4, 0.5) is 11.4 Å². The third-order valence-electron chi connectivity index (χ3n) is 5.51. The van der Waals surface area contributed by atoms with Gasteiger partial charge in [0.15, 0.2) is 6.23 Å². The van der Waals surface area contributed by atoms with Crippen molar-refractivity contribution in [2.24, 2.45) is 0 Å². The van der Waals surface area contributed by atoms with E-state index < -0.39 is 16.3 Å². The standard InChI is InChI=1S/C21H26IN3O4S/c22-18-6-2-1-5-17(18)21(26)23-19-15-16(7-8-20(19)24-9-3-4-10-24)30(27,28)25-11-13-29-14-12-25/h1-2,5-8,15,21,23,26H,3-4,9-14H2/t21-/m0/s1. The largest absolute Gasteiger partial charge is 0.379 e. The van der Waals surface area contributed by atoms with Gasteiger partial charge in [0.1, 0.15) is 0 Å². The number of nitrogens with zero attached hydrogens (tertiary/aromatic N) is 2. The minimum absolute atomic E-state index is 0.227. The van der Waals surface area contributed by atoms with E-state index >= 15 is 0 Å². The minimum Gasteiger partial charge on any atom is -0.379 e. The van der Waals surface area contributed by atoms with Gasteiger partial charge in [-0.2, -0.15) is 4.31 Å². The number of rotatable bonds is 6. The Balaban J connectivity index is 1.68. The lowest BCUT2D eigenvalue weighted by atomic mass is 10.2. The lowest BCUT2D eigenvalue weighted by Gasteiger charge is -2.28. The number of benzene rings is 2. The van der Waals surface area contributed by atoms with Crippen molar-refractivity contribution in [3.05, 3.63) is 51.6 Å². The second-order valence-corrected chi connectivity index (χ2v) is 10.6. The number of hydrogen-bond donors (Lipinski definition) is 2. The first-order chi connectivity index (χ1) is 14.5. The highest BCUT2D eigenvalue weighted by atomic mass is 127. The van der Waals surface area contributed by atoms with Gasteiger partial charge in [-0.15, -0.1) is 0 Å². The van der Waals surface area contributed by atoms with E-state index in [-0.39, 0.29) is 4.90 Å². The zero-order valence-electron chi connectivity index (χ0n) is 16.6. The van der Waals surface area contributed by atoms with Crippen molar-refractivity contribution in [2.75, 3.05) is 49.6 Å². The molecule has 0 radical (unpaired) electrons. The Hall–Kier alpha value is -1.40. The number of ether oxygens (including phenoxy) is 1. The molecule has 7 nitrogen and oxygen atoms in total. The van der Waals surface area contributed by atoms with Crippen molar-refractivity contribution < 1.29 is 18.3 Å². The van der Waals surface area contributed by atoms with Crippen LogP contribution in [0.3, 0.4) is 0 Å². The van der Waals surface area contributed by atoms with E-state index in [0.29, 0.717) is 32.0 Å². The monoisotopic (exact) mass is 543 g/mol. The van der Waals surface area contributed by atoms with Crippen LogP contribution in [0.5, 0.6) is 0 Å². The SMILES string of the molecule is O=S(=O)(c1ccc(N2CCCC2)c(N[C@@H](O)c2ccccc2I)c1)N1CCOCC1. The van der Waals surface area contributed by atoms with Gasteiger partial charge >= 0.3 is 0 Å². The van der Waals surface area contributed by atoms with Gasteiger partial charge in [0.05, 0.1) is 29.5 Å². The number of aliphatic hydroxyl groups is 1. The van der Waals surface area contributed by atoms with E-state index in [9.17, 15) is 13.5 Å². The Labute approximate surface area is 191 Å². The Morgan fingerprint density at radius 2 is 1.73 bits per heavy atom. The van der Waals surface area contributed by atoms with Crippen LogP contribution in [-0.2, 0) is 14.8 Å². The summed E-state index contributed by atoms with van der Waals surface area (Å²) >= 11 is 2.19. The molecule has 2 N–H and O–H groups in total. The highest BCUT2D eigenvalue weighted by Gasteiger charge is 2.28. The maximum atomic E-state index is 13.1. The molecule has 2 aliphatic rings. The molecule has 2 aromatic rings. The number of nitrogens with one attached hydrogen (secondary N) is 1. The van der Waals surface area contributed by atoms with E-state index in [1.807, 2.05) is 30.3 Å². The molecular formula is C21H26IN3O4S. The van der Waals surface area contributed by atoms with Crippen LogP contribution >= 0.6 is 22.6 Å². The maximum Gasteiger partial charge on any atom is 0.243 e. The van der Waals surface area contributed by atoms with Crippen molar-refractivity contribution in [1.82, 2.24) is 4.31 Å². The third kappa shape index (κ3) is 4.59. The first-order valence-electron chi connectivity index (χ1n) is 10.1. The highest BCUT2D eigenvalue weighted by molar-refractivity contribution is 14.1. The number of morpholine rings is 1. The molecule has 9 heteroatoms. The second-order valence-electron chi connectivity index (χ2n) is 7.46. The molecular weight excluding hydrogens is 517 g/mol. The van der Waals surface area contributed by atoms with Crippen molar-refractivity contribution in [1.29, 1.82) is 0 Å². The normalized spacial score (nSPS) is 19.1. The molecule has 30 heavy (non-hydrogen) atoms. The molecule has 0 spiro atoms. The first kappa shape index (κ1) is 21.8. The average Bonchev–Trinajstić information content (AvgIpc) is 3.29. The molecule has 0 aliphatic carbocycles. The summed E-state index contributed by atoms with van der Waals surface area (Å²) in [6.07, 6.45) is 1.26. The molecule has 0 saturated carbocycles. The van der Waals surface area contributed by atoms with Gasteiger partial charge in [-0.05, 0) is 59.7 Å². The maximum absolute atomic E-state index is 13.1. The molecule has 2 aliphatic heterocycles. The second kappa shape index (κ2) is 9.39. The summed E-state index contributed by atoms with van der Waals surface area (Å²) < 4.78 is 34.0. The van der Waals surface area contributed by atoms with Gasteiger partial charge in [-0.3, -0.25) is 0 Å². The number of halogens is 1. The molecule has 0 amide bonds. The zero-order valence-corrected chi connectivity index (χ0v) is 19.6. The summed E-state index contributed by atoms with van der Waals surface area (Å²) in [6, 6.07) is 12.8. The number of sulfonamides is 1. The fraction of sp³-hybridized carbons (Fsp3) is 0.429. The topological polar surface area (TPSA) is 82.1 Å². The quantitative estimate of drug-likeness (QED) is 0.431. The first-order valence-corrected chi connectivity index (χ1v) is 12.6. The van der Waals surface area contributed by atoms with Crippen LogP contribution in [0.25, 0.3) is 0 Å². The van der Waals surface area contributed by atoms with Crippen LogP contribution in [0.1, 0.15) is 24.6 Å². The van der Waals surface area contributed by atoms with Gasteiger partial charge < -0.3 is 20.1 Å². The van der Waals surface area contributed by atoms with Crippen LogP contribution in [0.2, 0.25) is 0 Å². The Morgan fingerprint density at radius 1 is 1.03 bits per heavy atom. The third-order valence-corrected chi connectivity index (χ3v) is 8.39. The van der Waals surface area contributed by atoms with Gasteiger partial charge in [-0.25, -0.2) is 8.42 Å². The van der Waals surface area contributed by atoms with Gasteiger partial charge in [0, 0.05) is 35.3 Å². The van der Waals surface area contributed by atoms with Crippen LogP contribution in [-0.4, -0.2) is 57.2 Å². The van der Waals surface area contributed by atoms with Gasteiger partial charge in [0.2, 0.25) is 10.0 Å². The van der Waals surface area contributed by atoms with Gasteiger partial charge in [0.25, 0.3) is 0 Å². The van der Waals surface area contributed by atoms with E-state index in [1.165, 1.54) is 4.31 Å². The predicted molar refractivity (Wildman–Crippen MR) is 125 cm³/mol. The summed E-state index contributed by atoms with van der Waals surface area (Å²) in [7, 11) is -3.62. The van der Waals surface area contributed by atoms with E-state index in [2.05, 4.69) is 32.8 Å². The predicted octanol–water partition coefficient (Wildman–Crippen LogP) is 3.02. The van der Waals surface area contributed by atoms with Gasteiger partial charge in [-0.1, -0.05) is 18.2 Å². The summed E-state index contributed by atoms with van der Waals surface area (Å²) in [4.78, 5) is 2.46. The van der Waals surface area contributed by atoms with E-state index in [4.69, 9.17) is 4.74 Å². The van der Waals surface area contributed by atoms with Crippen LogP contribution in [0.15, 0.2) is 47.4 Å². The summed E-state index contributed by atoms with van der Waals surface area (Å²) in [5.41, 5.74) is 2.30. The Morgan fingerprint density at radius 3 is 2.43 bits per heavy atom. The fourth-order valence-corrected chi connectivity index (χ4v) is 6.00. The average molecular weight is 543 g/mol. The van der Waals surface area contributed by atoms with Crippen molar-refractivity contribution in [3.63, 3.8) is 0 Å². The van der Waals surface area contributed by atoms with Crippen molar-refractivity contribution in [3.8, 4) is 0 Å². The molecule has 0 aromatic heterocycles. The summed E-state index contributed by atoms with van der Waals surface area (Å²) in [6.45, 7) is 3.35. The molecule has 2 aromatic carbocycles. The highest BCUT2D eigenvalue weighted by Crippen LogP contribution is 2.34. The fourth-order valence-electron chi connectivity index (χ4n) is 3.88. The molecule has 2 saturated heterocycles. The Kier molecular flexibility index (Phi) is 6.83. The lowest BCUT2D eigenvalue weighted by molar-refractivity contribution is 0.0730. The molecule has 4 rings (SSSR count). The van der Waals surface area contributed by atoms with Crippen LogP contribution < -0.4 is 10.2 Å². The number of anilines is 2. The number of hydrogen-bond acceptors (Lipinski definition) is 6. The lowest BCUT2D eigenvalue weighted by Crippen LogP contribution is -2.40. The molecule has 1 atom stereocenters. The molecule has 2 fully saturated rings. The molecule has 2 heterocycles. The summed E-state index contributed by atoms with van der Waals surface area (Å²) in [5, 5.41) is 14.0. The van der Waals surface area contributed by atoms with E-state index in [1.54, 1.807) is 12.1 Å². The van der Waals surface area contributed by atoms with Crippen molar-refractivity contribution in [2.45, 2.75) is 24.0 Å². The number of aliphatic hydroxyl groups excluding tert-OH is 1. The molecule has 0 bridgehead atoms. The van der Waals surface area contributed by atoms with Crippen molar-refractivity contribution >= 4 is 44.0 Å². The van der Waals surface area contributed by atoms with E-state index in [0.717, 1.165) is 40.8 Å². The summed E-state index contributed by atoms with van der Waals surface area (Å²) in [5.74, 6) is 0.